The molecule has 0 saturated heterocycles. The van der Waals surface area contributed by atoms with Crippen molar-refractivity contribution in [2.24, 2.45) is 5.11 Å². The van der Waals surface area contributed by atoms with Gasteiger partial charge in [0.2, 0.25) is 0 Å². The van der Waals surface area contributed by atoms with Gasteiger partial charge in [-0.2, -0.15) is 0 Å². The van der Waals surface area contributed by atoms with Gasteiger partial charge in [0.05, 0.1) is 5.69 Å². The van der Waals surface area contributed by atoms with Crippen molar-refractivity contribution in [2.75, 3.05) is 12.3 Å². The summed E-state index contributed by atoms with van der Waals surface area (Å²) in [6, 6.07) is 0. The Labute approximate surface area is 86.5 Å². The van der Waals surface area contributed by atoms with Crippen molar-refractivity contribution in [2.45, 2.75) is 25.5 Å². The largest absolute Gasteiger partial charge is 0.437 e. The first kappa shape index (κ1) is 10.9. The van der Waals surface area contributed by atoms with Crippen LogP contribution in [0, 0.1) is 13.8 Å². The molecular formula is C8H12N4OS. The lowest BCUT2D eigenvalue weighted by Gasteiger charge is -1.92. The van der Waals surface area contributed by atoms with Gasteiger partial charge in [0.25, 0.3) is 5.22 Å². The fraction of sp³-hybridized carbons (Fsp3) is 0.625. The molecule has 0 fully saturated rings. The van der Waals surface area contributed by atoms with E-state index in [0.717, 1.165) is 23.6 Å². The van der Waals surface area contributed by atoms with Crippen LogP contribution in [0.2, 0.25) is 0 Å². The van der Waals surface area contributed by atoms with Crippen LogP contribution in [0.4, 0.5) is 0 Å². The predicted octanol–water partition coefficient (Wildman–Crippen LogP) is 3.08. The fourth-order valence-corrected chi connectivity index (χ4v) is 1.68. The molecule has 0 spiro atoms. The second kappa shape index (κ2) is 5.57. The van der Waals surface area contributed by atoms with Crippen LogP contribution >= 0.6 is 11.8 Å². The maximum absolute atomic E-state index is 8.04. The molecular weight excluding hydrogens is 200 g/mol. The van der Waals surface area contributed by atoms with Gasteiger partial charge < -0.3 is 4.42 Å². The summed E-state index contributed by atoms with van der Waals surface area (Å²) in [5, 5.41) is 4.14. The zero-order chi connectivity index (χ0) is 10.4. The molecule has 6 heteroatoms. The zero-order valence-electron chi connectivity index (χ0n) is 8.23. The standard InChI is InChI=1S/C8H12N4OS/c1-6-7(2)13-8(11-6)14-5-3-4-10-12-9/h3-5H2,1-2H3. The highest BCUT2D eigenvalue weighted by molar-refractivity contribution is 7.99. The highest BCUT2D eigenvalue weighted by Crippen LogP contribution is 2.20. The summed E-state index contributed by atoms with van der Waals surface area (Å²) in [6.45, 7) is 4.34. The highest BCUT2D eigenvalue weighted by Gasteiger charge is 2.04. The number of thioether (sulfide) groups is 1. The number of hydrogen-bond donors (Lipinski definition) is 0. The number of nitrogens with zero attached hydrogens (tertiary/aromatic N) is 4. The maximum Gasteiger partial charge on any atom is 0.256 e. The average Bonchev–Trinajstić information content (AvgIpc) is 2.46. The summed E-state index contributed by atoms with van der Waals surface area (Å²) in [6.07, 6.45) is 0.842. The van der Waals surface area contributed by atoms with E-state index in [0.29, 0.717) is 11.8 Å². The van der Waals surface area contributed by atoms with E-state index in [4.69, 9.17) is 9.95 Å². The van der Waals surface area contributed by atoms with Crippen LogP contribution in [0.25, 0.3) is 10.4 Å². The third kappa shape index (κ3) is 3.32. The molecule has 0 aliphatic heterocycles. The monoisotopic (exact) mass is 212 g/mol. The Morgan fingerprint density at radius 3 is 2.93 bits per heavy atom. The summed E-state index contributed by atoms with van der Waals surface area (Å²) in [7, 11) is 0. The number of oxazole rings is 1. The van der Waals surface area contributed by atoms with Gasteiger partial charge in [0, 0.05) is 17.2 Å². The Bertz CT molecular complexity index is 324. The lowest BCUT2D eigenvalue weighted by molar-refractivity contribution is 0.431. The fourth-order valence-electron chi connectivity index (χ4n) is 0.844. The Balaban J connectivity index is 2.28. The molecule has 5 nitrogen and oxygen atoms in total. The molecule has 0 amide bonds. The van der Waals surface area contributed by atoms with Gasteiger partial charge in [0.1, 0.15) is 5.76 Å². The minimum Gasteiger partial charge on any atom is -0.437 e. The number of hydrogen-bond acceptors (Lipinski definition) is 4. The van der Waals surface area contributed by atoms with Gasteiger partial charge in [-0.05, 0) is 25.8 Å². The van der Waals surface area contributed by atoms with Gasteiger partial charge in [0.15, 0.2) is 0 Å². The molecule has 1 aromatic heterocycles. The molecule has 0 unspecified atom stereocenters. The van der Waals surface area contributed by atoms with Crippen molar-refractivity contribution in [3.63, 3.8) is 0 Å². The predicted molar refractivity (Wildman–Crippen MR) is 55.3 cm³/mol. The molecule has 76 valence electrons. The minimum atomic E-state index is 0.530. The van der Waals surface area contributed by atoms with Crippen molar-refractivity contribution in [1.82, 2.24) is 4.98 Å². The quantitative estimate of drug-likeness (QED) is 0.247. The molecule has 1 aromatic rings. The summed E-state index contributed by atoms with van der Waals surface area (Å²) in [5.74, 6) is 1.72. The van der Waals surface area contributed by atoms with E-state index in [2.05, 4.69) is 15.0 Å². The first-order chi connectivity index (χ1) is 6.74. The number of aromatic nitrogens is 1. The summed E-state index contributed by atoms with van der Waals surface area (Å²) < 4.78 is 5.37. The topological polar surface area (TPSA) is 74.8 Å². The first-order valence-corrected chi connectivity index (χ1v) is 5.30. The van der Waals surface area contributed by atoms with E-state index in [1.807, 2.05) is 13.8 Å². The third-order valence-corrected chi connectivity index (χ3v) is 2.61. The van der Waals surface area contributed by atoms with Crippen molar-refractivity contribution in [1.29, 1.82) is 0 Å². The molecule has 14 heavy (non-hydrogen) atoms. The SMILES string of the molecule is Cc1nc(SCCCN=[N+]=[N-])oc1C. The van der Waals surface area contributed by atoms with Crippen molar-refractivity contribution < 1.29 is 4.42 Å². The number of aryl methyl sites for hydroxylation is 2. The van der Waals surface area contributed by atoms with E-state index in [9.17, 15) is 0 Å². The van der Waals surface area contributed by atoms with Gasteiger partial charge in [-0.25, -0.2) is 4.98 Å². The molecule has 0 aliphatic rings. The van der Waals surface area contributed by atoms with E-state index in [-0.39, 0.29) is 0 Å². The lowest BCUT2D eigenvalue weighted by atomic mass is 10.4. The average molecular weight is 212 g/mol. The van der Waals surface area contributed by atoms with Crippen molar-refractivity contribution in [3.05, 3.63) is 21.9 Å². The van der Waals surface area contributed by atoms with E-state index in [1.54, 1.807) is 11.8 Å². The Kier molecular flexibility index (Phi) is 4.35. The van der Waals surface area contributed by atoms with Gasteiger partial charge >= 0.3 is 0 Å². The van der Waals surface area contributed by atoms with E-state index >= 15 is 0 Å². The normalized spacial score (nSPS) is 9.86. The van der Waals surface area contributed by atoms with Crippen LogP contribution in [0.3, 0.4) is 0 Å². The Morgan fingerprint density at radius 1 is 1.57 bits per heavy atom. The lowest BCUT2D eigenvalue weighted by Crippen LogP contribution is -1.83. The van der Waals surface area contributed by atoms with Crippen LogP contribution in [-0.4, -0.2) is 17.3 Å². The number of rotatable bonds is 5. The van der Waals surface area contributed by atoms with Crippen LogP contribution in [-0.2, 0) is 0 Å². The second-order valence-corrected chi connectivity index (χ2v) is 3.82. The van der Waals surface area contributed by atoms with Crippen LogP contribution in [0.15, 0.2) is 14.8 Å². The molecule has 0 bridgehead atoms. The maximum atomic E-state index is 8.04. The van der Waals surface area contributed by atoms with E-state index in [1.165, 1.54) is 0 Å². The molecule has 0 saturated carbocycles. The van der Waals surface area contributed by atoms with Crippen LogP contribution in [0.1, 0.15) is 17.9 Å². The van der Waals surface area contributed by atoms with Gasteiger partial charge in [-0.3, -0.25) is 0 Å². The van der Waals surface area contributed by atoms with Crippen LogP contribution < -0.4 is 0 Å². The smallest absolute Gasteiger partial charge is 0.256 e. The zero-order valence-corrected chi connectivity index (χ0v) is 9.04. The molecule has 1 rings (SSSR count). The molecule has 1 heterocycles. The summed E-state index contributed by atoms with van der Waals surface area (Å²) in [5.41, 5.74) is 8.98. The molecule has 0 aromatic carbocycles. The first-order valence-electron chi connectivity index (χ1n) is 4.31. The Morgan fingerprint density at radius 2 is 2.36 bits per heavy atom. The van der Waals surface area contributed by atoms with Crippen molar-refractivity contribution >= 4 is 11.8 Å². The summed E-state index contributed by atoms with van der Waals surface area (Å²) >= 11 is 1.54. The second-order valence-electron chi connectivity index (χ2n) is 2.78. The van der Waals surface area contributed by atoms with Crippen molar-refractivity contribution in [3.8, 4) is 0 Å². The third-order valence-electron chi connectivity index (χ3n) is 1.70. The highest BCUT2D eigenvalue weighted by atomic mass is 32.2. The number of azide groups is 1. The molecule has 0 N–H and O–H groups in total. The molecule has 0 radical (unpaired) electrons. The minimum absolute atomic E-state index is 0.530. The van der Waals surface area contributed by atoms with Gasteiger partial charge in [-0.1, -0.05) is 16.9 Å². The van der Waals surface area contributed by atoms with Crippen LogP contribution in [0.5, 0.6) is 0 Å². The van der Waals surface area contributed by atoms with E-state index < -0.39 is 0 Å². The Hall–Kier alpha value is -1.13. The summed E-state index contributed by atoms with van der Waals surface area (Å²) in [4.78, 5) is 6.90. The molecule has 0 atom stereocenters. The molecule has 0 aliphatic carbocycles. The van der Waals surface area contributed by atoms with Gasteiger partial charge in [-0.15, -0.1) is 0 Å².